The highest BCUT2D eigenvalue weighted by Crippen LogP contribution is 2.35. The molecule has 1 fully saturated rings. The van der Waals surface area contributed by atoms with Crippen LogP contribution in [-0.2, 0) is 14.4 Å². The van der Waals surface area contributed by atoms with Crippen LogP contribution in [0.2, 0.25) is 0 Å². The summed E-state index contributed by atoms with van der Waals surface area (Å²) in [5.74, 6) is -0.680. The summed E-state index contributed by atoms with van der Waals surface area (Å²) < 4.78 is 0.771. The van der Waals surface area contributed by atoms with Crippen molar-refractivity contribution in [1.82, 2.24) is 15.1 Å². The highest BCUT2D eigenvalue weighted by Gasteiger charge is 2.47. The maximum atomic E-state index is 12.3. The Labute approximate surface area is 141 Å². The molecule has 2 heterocycles. The van der Waals surface area contributed by atoms with Gasteiger partial charge in [-0.1, -0.05) is 42.2 Å². The molecule has 3 rings (SSSR count). The number of aromatic nitrogens is 2. The van der Waals surface area contributed by atoms with E-state index in [1.165, 1.54) is 23.1 Å². The molecule has 1 aromatic heterocycles. The summed E-state index contributed by atoms with van der Waals surface area (Å²) >= 11 is 2.81. The lowest BCUT2D eigenvalue weighted by Crippen LogP contribution is -2.38. The first-order valence-electron chi connectivity index (χ1n) is 7.36. The van der Waals surface area contributed by atoms with Gasteiger partial charge in [-0.15, -0.1) is 10.2 Å². The van der Waals surface area contributed by atoms with Crippen LogP contribution in [0.15, 0.2) is 16.5 Å². The van der Waals surface area contributed by atoms with Gasteiger partial charge >= 0.3 is 0 Å². The standard InChI is InChI=1S/C14H16N4O3S2/c1-2-22-14-17-16-13(23-14)15-10(19)7-18-11(20)8-5-3-4-6-9(8)12(18)21/h3-4,8-9H,2,5-7H2,1H3,(H,15,16,19)/t8-,9+. The van der Waals surface area contributed by atoms with Gasteiger partial charge in [-0.3, -0.25) is 24.6 Å². The third kappa shape index (κ3) is 3.30. The number of imide groups is 1. The van der Waals surface area contributed by atoms with Gasteiger partial charge in [-0.05, 0) is 18.6 Å². The second kappa shape index (κ2) is 6.79. The number of carbonyl (C=O) groups excluding carboxylic acids is 3. The van der Waals surface area contributed by atoms with E-state index in [1.54, 1.807) is 0 Å². The normalized spacial score (nSPS) is 23.3. The number of hydrogen-bond donors (Lipinski definition) is 1. The first-order valence-corrected chi connectivity index (χ1v) is 9.16. The number of allylic oxidation sites excluding steroid dienone is 2. The van der Waals surface area contributed by atoms with Gasteiger partial charge in [0.15, 0.2) is 4.34 Å². The summed E-state index contributed by atoms with van der Waals surface area (Å²) in [7, 11) is 0. The number of thioether (sulfide) groups is 1. The maximum absolute atomic E-state index is 12.3. The fraction of sp³-hybridized carbons (Fsp3) is 0.500. The van der Waals surface area contributed by atoms with Crippen molar-refractivity contribution in [3.63, 3.8) is 0 Å². The second-order valence-electron chi connectivity index (χ2n) is 5.27. The Hall–Kier alpha value is -1.74. The van der Waals surface area contributed by atoms with Gasteiger partial charge in [0.1, 0.15) is 6.54 Å². The van der Waals surface area contributed by atoms with Crippen molar-refractivity contribution in [3.8, 4) is 0 Å². The minimum Gasteiger partial charge on any atom is -0.299 e. The predicted molar refractivity (Wildman–Crippen MR) is 87.0 cm³/mol. The highest BCUT2D eigenvalue weighted by atomic mass is 32.2. The van der Waals surface area contributed by atoms with Gasteiger partial charge in [-0.25, -0.2) is 0 Å². The van der Waals surface area contributed by atoms with Crippen LogP contribution < -0.4 is 5.32 Å². The molecule has 0 bridgehead atoms. The van der Waals surface area contributed by atoms with E-state index in [4.69, 9.17) is 0 Å². The smallest absolute Gasteiger partial charge is 0.246 e. The molecule has 0 radical (unpaired) electrons. The molecular formula is C14H16N4O3S2. The summed E-state index contributed by atoms with van der Waals surface area (Å²) in [6.45, 7) is 1.74. The number of likely N-dealkylation sites (tertiary alicyclic amines) is 1. The van der Waals surface area contributed by atoms with E-state index in [1.807, 2.05) is 19.1 Å². The molecule has 23 heavy (non-hydrogen) atoms. The zero-order chi connectivity index (χ0) is 16.4. The summed E-state index contributed by atoms with van der Waals surface area (Å²) in [6, 6.07) is 0. The molecule has 1 aliphatic heterocycles. The highest BCUT2D eigenvalue weighted by molar-refractivity contribution is 8.01. The first-order chi connectivity index (χ1) is 11.1. The van der Waals surface area contributed by atoms with Crippen LogP contribution in [0.1, 0.15) is 19.8 Å². The number of nitrogens with one attached hydrogen (secondary N) is 1. The van der Waals surface area contributed by atoms with Crippen molar-refractivity contribution in [1.29, 1.82) is 0 Å². The zero-order valence-electron chi connectivity index (χ0n) is 12.5. The summed E-state index contributed by atoms with van der Waals surface area (Å²) in [5, 5.41) is 10.8. The number of fused-ring (bicyclic) bond motifs is 1. The predicted octanol–water partition coefficient (Wildman–Crippen LogP) is 1.54. The molecule has 0 saturated carbocycles. The average molecular weight is 352 g/mol. The molecule has 0 unspecified atom stereocenters. The average Bonchev–Trinajstić information content (AvgIpc) is 3.07. The zero-order valence-corrected chi connectivity index (χ0v) is 14.2. The molecule has 1 aromatic rings. The van der Waals surface area contributed by atoms with Crippen LogP contribution in [0.3, 0.4) is 0 Å². The topological polar surface area (TPSA) is 92.3 Å². The lowest BCUT2D eigenvalue weighted by atomic mass is 9.85. The lowest BCUT2D eigenvalue weighted by molar-refractivity contribution is -0.142. The van der Waals surface area contributed by atoms with Gasteiger partial charge in [0.2, 0.25) is 22.9 Å². The summed E-state index contributed by atoms with van der Waals surface area (Å²) in [6.07, 6.45) is 4.98. The monoisotopic (exact) mass is 352 g/mol. The molecule has 1 saturated heterocycles. The Balaban J connectivity index is 1.61. The SMILES string of the molecule is CCSc1nnc(NC(=O)CN2C(=O)[C@H]3CC=CC[C@H]3C2=O)s1. The molecule has 2 atom stereocenters. The van der Waals surface area contributed by atoms with Crippen molar-refractivity contribution < 1.29 is 14.4 Å². The number of nitrogens with zero attached hydrogens (tertiary/aromatic N) is 3. The molecule has 0 aromatic carbocycles. The molecule has 1 aliphatic carbocycles. The van der Waals surface area contributed by atoms with E-state index in [0.717, 1.165) is 15.0 Å². The van der Waals surface area contributed by atoms with E-state index in [2.05, 4.69) is 15.5 Å². The van der Waals surface area contributed by atoms with E-state index in [9.17, 15) is 14.4 Å². The van der Waals surface area contributed by atoms with E-state index in [0.29, 0.717) is 18.0 Å². The molecular weight excluding hydrogens is 336 g/mol. The largest absolute Gasteiger partial charge is 0.299 e. The number of rotatable bonds is 5. The number of carbonyl (C=O) groups is 3. The van der Waals surface area contributed by atoms with Crippen LogP contribution >= 0.6 is 23.1 Å². The van der Waals surface area contributed by atoms with Gasteiger partial charge in [0.25, 0.3) is 0 Å². The van der Waals surface area contributed by atoms with Gasteiger partial charge in [-0.2, -0.15) is 0 Å². The number of hydrogen-bond acceptors (Lipinski definition) is 7. The second-order valence-corrected chi connectivity index (χ2v) is 7.76. The summed E-state index contributed by atoms with van der Waals surface area (Å²) in [4.78, 5) is 37.7. The van der Waals surface area contributed by atoms with Crippen molar-refractivity contribution in [2.24, 2.45) is 11.8 Å². The van der Waals surface area contributed by atoms with Gasteiger partial charge in [0.05, 0.1) is 11.8 Å². The van der Waals surface area contributed by atoms with Crippen molar-refractivity contribution >= 4 is 46.0 Å². The Morgan fingerprint density at radius 1 is 1.30 bits per heavy atom. The van der Waals surface area contributed by atoms with Crippen LogP contribution in [0.4, 0.5) is 5.13 Å². The molecule has 3 amide bonds. The van der Waals surface area contributed by atoms with Gasteiger partial charge < -0.3 is 0 Å². The Kier molecular flexibility index (Phi) is 4.76. The third-order valence-electron chi connectivity index (χ3n) is 3.82. The van der Waals surface area contributed by atoms with E-state index in [-0.39, 0.29) is 30.2 Å². The van der Waals surface area contributed by atoms with E-state index >= 15 is 0 Å². The van der Waals surface area contributed by atoms with Crippen molar-refractivity contribution in [2.45, 2.75) is 24.1 Å². The fourth-order valence-corrected chi connectivity index (χ4v) is 4.43. The van der Waals surface area contributed by atoms with E-state index < -0.39 is 5.91 Å². The van der Waals surface area contributed by atoms with Crippen LogP contribution in [0.5, 0.6) is 0 Å². The fourth-order valence-electron chi connectivity index (χ4n) is 2.77. The minimum absolute atomic E-state index is 0.251. The molecule has 2 aliphatic rings. The Morgan fingerprint density at radius 3 is 2.57 bits per heavy atom. The van der Waals surface area contributed by atoms with Crippen LogP contribution in [0, 0.1) is 11.8 Å². The molecule has 122 valence electrons. The Bertz CT molecular complexity index is 647. The Morgan fingerprint density at radius 2 is 1.96 bits per heavy atom. The molecule has 7 nitrogen and oxygen atoms in total. The molecule has 9 heteroatoms. The molecule has 1 N–H and O–H groups in total. The number of amides is 3. The summed E-state index contributed by atoms with van der Waals surface area (Å²) in [5.41, 5.74) is 0. The van der Waals surface area contributed by atoms with Crippen molar-refractivity contribution in [2.75, 3.05) is 17.6 Å². The first kappa shape index (κ1) is 16.1. The van der Waals surface area contributed by atoms with Crippen molar-refractivity contribution in [3.05, 3.63) is 12.2 Å². The van der Waals surface area contributed by atoms with Crippen LogP contribution in [0.25, 0.3) is 0 Å². The minimum atomic E-state index is -0.428. The third-order valence-corrected chi connectivity index (χ3v) is 5.68. The van der Waals surface area contributed by atoms with Gasteiger partial charge in [0, 0.05) is 0 Å². The number of anilines is 1. The lowest BCUT2D eigenvalue weighted by Gasteiger charge is -2.14. The quantitative estimate of drug-likeness (QED) is 0.374. The van der Waals surface area contributed by atoms with Crippen LogP contribution in [-0.4, -0.2) is 45.1 Å². The maximum Gasteiger partial charge on any atom is 0.246 e. The molecule has 0 spiro atoms.